The van der Waals surface area contributed by atoms with Crippen molar-refractivity contribution in [3.05, 3.63) is 0 Å². The van der Waals surface area contributed by atoms with Crippen LogP contribution in [0.2, 0.25) is 0 Å². The van der Waals surface area contributed by atoms with Crippen molar-refractivity contribution in [3.63, 3.8) is 0 Å². The molecule has 5 heteroatoms. The van der Waals surface area contributed by atoms with E-state index in [-0.39, 0.29) is 26.4 Å². The van der Waals surface area contributed by atoms with Crippen molar-refractivity contribution >= 4 is 0 Å². The second-order valence-corrected chi connectivity index (χ2v) is 5.53. The summed E-state index contributed by atoms with van der Waals surface area (Å²) in [5.41, 5.74) is -1.01. The van der Waals surface area contributed by atoms with E-state index in [9.17, 15) is 0 Å². The van der Waals surface area contributed by atoms with Gasteiger partial charge in [-0.15, -0.1) is 0 Å². The van der Waals surface area contributed by atoms with Crippen LogP contribution in [0.15, 0.2) is 0 Å². The quantitative estimate of drug-likeness (QED) is 0.244. The first-order valence-corrected chi connectivity index (χ1v) is 7.81. The number of hydrogen-bond acceptors (Lipinski definition) is 5. The molecule has 5 nitrogen and oxygen atoms in total. The lowest BCUT2D eigenvalue weighted by Crippen LogP contribution is -2.38. The van der Waals surface area contributed by atoms with Crippen LogP contribution in [0.5, 0.6) is 0 Å². The molecule has 0 fully saturated rings. The lowest BCUT2D eigenvalue weighted by molar-refractivity contribution is -0.316. The smallest absolute Gasteiger partial charge is 0.0944 e. The zero-order chi connectivity index (χ0) is 15.1. The van der Waals surface area contributed by atoms with Gasteiger partial charge in [-0.05, 0) is 6.42 Å². The number of aliphatic hydroxyl groups is 3. The van der Waals surface area contributed by atoms with Crippen molar-refractivity contribution in [1.82, 2.24) is 0 Å². The third-order valence-electron chi connectivity index (χ3n) is 3.54. The molecule has 0 aromatic carbocycles. The highest BCUT2D eigenvalue weighted by atomic mass is 17.2. The summed E-state index contributed by atoms with van der Waals surface area (Å²) in [6, 6.07) is 0. The number of hydrogen-bond donors (Lipinski definition) is 3. The minimum Gasteiger partial charge on any atom is -0.396 e. The number of aliphatic hydroxyl groups excluding tert-OH is 3. The van der Waals surface area contributed by atoms with Gasteiger partial charge in [-0.2, -0.15) is 0 Å². The largest absolute Gasteiger partial charge is 0.396 e. The fourth-order valence-corrected chi connectivity index (χ4v) is 1.81. The van der Waals surface area contributed by atoms with Crippen LogP contribution in [0.4, 0.5) is 0 Å². The van der Waals surface area contributed by atoms with E-state index in [1.54, 1.807) is 0 Å². The van der Waals surface area contributed by atoms with Crippen LogP contribution >= 0.6 is 0 Å². The Labute approximate surface area is 122 Å². The first kappa shape index (κ1) is 19.8. The molecule has 0 bridgehead atoms. The predicted molar refractivity (Wildman–Crippen MR) is 78.2 cm³/mol. The SMILES string of the molecule is CCCCCCCCCCOOCC(CO)(CO)CO. The van der Waals surface area contributed by atoms with Gasteiger partial charge in [-0.1, -0.05) is 51.9 Å². The molecule has 0 rings (SSSR count). The molecule has 0 aromatic heterocycles. The third kappa shape index (κ3) is 9.66. The highest BCUT2D eigenvalue weighted by Crippen LogP contribution is 2.15. The minimum atomic E-state index is -1.01. The van der Waals surface area contributed by atoms with E-state index in [4.69, 9.17) is 25.1 Å². The lowest BCUT2D eigenvalue weighted by Gasteiger charge is -2.25. The van der Waals surface area contributed by atoms with Crippen LogP contribution in [0.1, 0.15) is 58.3 Å². The van der Waals surface area contributed by atoms with Crippen LogP contribution in [-0.4, -0.2) is 48.4 Å². The van der Waals surface area contributed by atoms with Crippen molar-refractivity contribution in [2.24, 2.45) is 5.41 Å². The summed E-state index contributed by atoms with van der Waals surface area (Å²) in [7, 11) is 0. The van der Waals surface area contributed by atoms with Gasteiger partial charge >= 0.3 is 0 Å². The molecule has 0 atom stereocenters. The summed E-state index contributed by atoms with van der Waals surface area (Å²) in [4.78, 5) is 9.96. The van der Waals surface area contributed by atoms with E-state index >= 15 is 0 Å². The van der Waals surface area contributed by atoms with Crippen LogP contribution < -0.4 is 0 Å². The minimum absolute atomic E-state index is 0.00643. The highest BCUT2D eigenvalue weighted by Gasteiger charge is 2.29. The second kappa shape index (κ2) is 13.8. The third-order valence-corrected chi connectivity index (χ3v) is 3.54. The van der Waals surface area contributed by atoms with Gasteiger partial charge in [0.2, 0.25) is 0 Å². The van der Waals surface area contributed by atoms with Gasteiger partial charge in [0.25, 0.3) is 0 Å². The van der Waals surface area contributed by atoms with Gasteiger partial charge in [-0.3, -0.25) is 0 Å². The van der Waals surface area contributed by atoms with Crippen LogP contribution in [0.25, 0.3) is 0 Å². The normalized spacial score (nSPS) is 12.0. The average molecular weight is 292 g/mol. The fourth-order valence-electron chi connectivity index (χ4n) is 1.81. The van der Waals surface area contributed by atoms with E-state index in [1.165, 1.54) is 38.5 Å². The standard InChI is InChI=1S/C15H32O5/c1-2-3-4-5-6-7-8-9-10-19-20-14-15(11-16,12-17)13-18/h16-18H,2-14H2,1H3. The summed E-state index contributed by atoms with van der Waals surface area (Å²) in [5.74, 6) is 0. The van der Waals surface area contributed by atoms with E-state index in [0.717, 1.165) is 12.8 Å². The molecule has 0 saturated carbocycles. The molecule has 0 aliphatic rings. The molecule has 3 N–H and O–H groups in total. The Hall–Kier alpha value is -0.200. The van der Waals surface area contributed by atoms with E-state index in [0.29, 0.717) is 6.61 Å². The average Bonchev–Trinajstić information content (AvgIpc) is 2.49. The molecule has 0 amide bonds. The Kier molecular flexibility index (Phi) is 13.6. The monoisotopic (exact) mass is 292 g/mol. The summed E-state index contributed by atoms with van der Waals surface area (Å²) in [6.45, 7) is 1.72. The Bertz CT molecular complexity index is 186. The summed E-state index contributed by atoms with van der Waals surface area (Å²) in [6.07, 6.45) is 9.84. The highest BCUT2D eigenvalue weighted by molar-refractivity contribution is 4.75. The Morgan fingerprint density at radius 1 is 0.700 bits per heavy atom. The topological polar surface area (TPSA) is 79.2 Å². The number of unbranched alkanes of at least 4 members (excludes halogenated alkanes) is 7. The van der Waals surface area contributed by atoms with Crippen molar-refractivity contribution in [3.8, 4) is 0 Å². The van der Waals surface area contributed by atoms with Gasteiger partial charge in [0.05, 0.1) is 38.4 Å². The molecule has 0 unspecified atom stereocenters. The zero-order valence-corrected chi connectivity index (χ0v) is 12.9. The van der Waals surface area contributed by atoms with E-state index < -0.39 is 5.41 Å². The molecule has 0 radical (unpaired) electrons. The summed E-state index contributed by atoms with van der Waals surface area (Å²) >= 11 is 0. The Balaban J connectivity index is 3.32. The maximum Gasteiger partial charge on any atom is 0.0944 e. The molecule has 0 aliphatic heterocycles. The van der Waals surface area contributed by atoms with Gasteiger partial charge in [-0.25, -0.2) is 9.78 Å². The summed E-state index contributed by atoms with van der Waals surface area (Å²) < 4.78 is 0. The maximum atomic E-state index is 9.08. The molecule has 0 heterocycles. The van der Waals surface area contributed by atoms with Crippen LogP contribution in [0.3, 0.4) is 0 Å². The molecule has 0 saturated heterocycles. The van der Waals surface area contributed by atoms with Gasteiger partial charge in [0, 0.05) is 0 Å². The van der Waals surface area contributed by atoms with Crippen molar-refractivity contribution in [2.75, 3.05) is 33.0 Å². The van der Waals surface area contributed by atoms with Crippen LogP contribution in [0, 0.1) is 5.41 Å². The van der Waals surface area contributed by atoms with Gasteiger partial charge < -0.3 is 15.3 Å². The van der Waals surface area contributed by atoms with E-state index in [1.807, 2.05) is 0 Å². The van der Waals surface area contributed by atoms with E-state index in [2.05, 4.69) is 6.92 Å². The molecular weight excluding hydrogens is 260 g/mol. The second-order valence-electron chi connectivity index (χ2n) is 5.53. The number of rotatable bonds is 15. The fraction of sp³-hybridized carbons (Fsp3) is 1.00. The van der Waals surface area contributed by atoms with Crippen LogP contribution in [-0.2, 0) is 9.78 Å². The zero-order valence-electron chi connectivity index (χ0n) is 12.9. The molecule has 0 aromatic rings. The molecule has 122 valence electrons. The first-order valence-electron chi connectivity index (χ1n) is 7.81. The Morgan fingerprint density at radius 2 is 1.20 bits per heavy atom. The predicted octanol–water partition coefficient (Wildman–Crippen LogP) is 2.04. The molecule has 0 spiro atoms. The molecule has 0 aliphatic carbocycles. The summed E-state index contributed by atoms with van der Waals surface area (Å²) in [5, 5.41) is 27.2. The molecular formula is C15H32O5. The molecule has 20 heavy (non-hydrogen) atoms. The van der Waals surface area contributed by atoms with Crippen molar-refractivity contribution < 1.29 is 25.1 Å². The first-order chi connectivity index (χ1) is 9.74. The van der Waals surface area contributed by atoms with Crippen molar-refractivity contribution in [2.45, 2.75) is 58.3 Å². The Morgan fingerprint density at radius 3 is 1.70 bits per heavy atom. The van der Waals surface area contributed by atoms with Gasteiger partial charge in [0.15, 0.2) is 0 Å². The van der Waals surface area contributed by atoms with Gasteiger partial charge in [0.1, 0.15) is 0 Å². The maximum absolute atomic E-state index is 9.08. The van der Waals surface area contributed by atoms with Crippen molar-refractivity contribution in [1.29, 1.82) is 0 Å². The lowest BCUT2D eigenvalue weighted by atomic mass is 9.93.